The largest absolute Gasteiger partial charge is 0.748 e. The number of carbonyl (C=O) groups excluding carboxylic acids is 1. The van der Waals surface area contributed by atoms with E-state index in [2.05, 4.69) is 5.32 Å². The number of amides is 1. The van der Waals surface area contributed by atoms with E-state index in [1.807, 2.05) is 0 Å². The first-order chi connectivity index (χ1) is 8.13. The number of hydrogen-bond acceptors (Lipinski definition) is 4. The Morgan fingerprint density at radius 1 is 1.42 bits per heavy atom. The Kier molecular flexibility index (Phi) is 8.90. The number of nitrogens with one attached hydrogen (secondary N) is 1. The molecule has 0 aliphatic carbocycles. The van der Waals surface area contributed by atoms with Gasteiger partial charge < -0.3 is 16.0 Å². The Hall–Kier alpha value is -0.920. The highest BCUT2D eigenvalue weighted by Gasteiger charge is 2.32. The van der Waals surface area contributed by atoms with Crippen LogP contribution in [0.1, 0.15) is 40.5 Å². The molecular formula is C12H26N2O4S. The quantitative estimate of drug-likeness (QED) is 0.422. The zero-order valence-electron chi connectivity index (χ0n) is 12.4. The standard InChI is InChI=1S/C12H23NO4S.H3N/c1-5-7-11(14)13-9-6-8-10(2)12(3,4)18(15,16)17;/h5,7,10H,6,8-9H2,1-4H3,(H,13,14)(H,15,16,17);1H3. The summed E-state index contributed by atoms with van der Waals surface area (Å²) in [4.78, 5) is 11.1. The van der Waals surface area contributed by atoms with Crippen LogP contribution in [0.4, 0.5) is 0 Å². The van der Waals surface area contributed by atoms with E-state index in [0.29, 0.717) is 19.4 Å². The summed E-state index contributed by atoms with van der Waals surface area (Å²) in [6.45, 7) is 6.85. The predicted molar refractivity (Wildman–Crippen MR) is 76.0 cm³/mol. The van der Waals surface area contributed by atoms with Crippen molar-refractivity contribution >= 4 is 16.0 Å². The van der Waals surface area contributed by atoms with Crippen LogP contribution < -0.4 is 11.5 Å². The van der Waals surface area contributed by atoms with Gasteiger partial charge in [0.2, 0.25) is 5.91 Å². The maximum Gasteiger partial charge on any atom is 0.243 e. The topological polar surface area (TPSA) is 123 Å². The Bertz CT molecular complexity index is 402. The summed E-state index contributed by atoms with van der Waals surface area (Å²) in [7, 11) is -4.31. The maximum atomic E-state index is 11.1. The molecule has 0 aliphatic rings. The van der Waals surface area contributed by atoms with Crippen molar-refractivity contribution in [3.05, 3.63) is 12.2 Å². The van der Waals surface area contributed by atoms with Crippen LogP contribution in [-0.4, -0.2) is 30.2 Å². The van der Waals surface area contributed by atoms with Crippen LogP contribution in [0, 0.1) is 5.92 Å². The normalized spacial score (nSPS) is 13.9. The van der Waals surface area contributed by atoms with E-state index < -0.39 is 14.9 Å². The van der Waals surface area contributed by atoms with Crippen molar-refractivity contribution in [1.82, 2.24) is 11.5 Å². The first-order valence-corrected chi connectivity index (χ1v) is 7.39. The van der Waals surface area contributed by atoms with E-state index in [1.165, 1.54) is 19.9 Å². The molecule has 114 valence electrons. The molecule has 19 heavy (non-hydrogen) atoms. The van der Waals surface area contributed by atoms with Gasteiger partial charge in [-0.05, 0) is 45.6 Å². The number of rotatable bonds is 7. The SMILES string of the molecule is CC=CC(=O)NCCCC(C)C(C)(C)S(=O)(=O)[O-].[NH4+]. The van der Waals surface area contributed by atoms with E-state index >= 15 is 0 Å². The average molecular weight is 294 g/mol. The summed E-state index contributed by atoms with van der Waals surface area (Å²) < 4.78 is 32.0. The summed E-state index contributed by atoms with van der Waals surface area (Å²) in [5.74, 6) is -0.417. The molecule has 1 unspecified atom stereocenters. The second-order valence-electron chi connectivity index (χ2n) is 4.89. The number of allylic oxidation sites excluding steroid dienone is 1. The van der Waals surface area contributed by atoms with Gasteiger partial charge in [0.05, 0.1) is 4.75 Å². The molecule has 1 amide bonds. The van der Waals surface area contributed by atoms with Gasteiger partial charge in [0, 0.05) is 6.54 Å². The highest BCUT2D eigenvalue weighted by atomic mass is 32.2. The monoisotopic (exact) mass is 294 g/mol. The van der Waals surface area contributed by atoms with Crippen molar-refractivity contribution in [3.63, 3.8) is 0 Å². The fourth-order valence-electron chi connectivity index (χ4n) is 1.42. The summed E-state index contributed by atoms with van der Waals surface area (Å²) in [6, 6.07) is 0. The third-order valence-corrected chi connectivity index (χ3v) is 4.95. The fraction of sp³-hybridized carbons (Fsp3) is 0.750. The molecule has 1 atom stereocenters. The van der Waals surface area contributed by atoms with Crippen molar-refractivity contribution in [2.24, 2.45) is 5.92 Å². The molecule has 5 N–H and O–H groups in total. The van der Waals surface area contributed by atoms with Crippen molar-refractivity contribution < 1.29 is 17.8 Å². The second-order valence-corrected chi connectivity index (χ2v) is 6.85. The average Bonchev–Trinajstić information content (AvgIpc) is 2.22. The molecule has 0 aromatic rings. The minimum Gasteiger partial charge on any atom is -0.748 e. The minimum atomic E-state index is -4.31. The minimum absolute atomic E-state index is 0. The van der Waals surface area contributed by atoms with Gasteiger partial charge in [0.25, 0.3) is 0 Å². The first-order valence-electron chi connectivity index (χ1n) is 5.99. The Balaban J connectivity index is 0. The fourth-order valence-corrected chi connectivity index (χ4v) is 2.03. The summed E-state index contributed by atoms with van der Waals surface area (Å²) in [6.07, 6.45) is 4.29. The lowest BCUT2D eigenvalue weighted by molar-refractivity contribution is -0.116. The van der Waals surface area contributed by atoms with E-state index in [-0.39, 0.29) is 18.0 Å². The number of carbonyl (C=O) groups is 1. The Morgan fingerprint density at radius 2 is 1.95 bits per heavy atom. The van der Waals surface area contributed by atoms with Gasteiger partial charge in [-0.1, -0.05) is 13.0 Å². The van der Waals surface area contributed by atoms with Crippen molar-refractivity contribution in [3.8, 4) is 0 Å². The molecule has 0 fully saturated rings. The lowest BCUT2D eigenvalue weighted by Crippen LogP contribution is -2.38. The summed E-state index contributed by atoms with van der Waals surface area (Å²) in [5, 5.41) is 2.68. The highest BCUT2D eigenvalue weighted by molar-refractivity contribution is 7.87. The van der Waals surface area contributed by atoms with Gasteiger partial charge >= 0.3 is 0 Å². The van der Waals surface area contributed by atoms with Gasteiger partial charge in [-0.15, -0.1) is 0 Å². The zero-order chi connectivity index (χ0) is 14.4. The van der Waals surface area contributed by atoms with Crippen LogP contribution in [0.2, 0.25) is 0 Å². The Labute approximate surface area is 116 Å². The van der Waals surface area contributed by atoms with E-state index in [0.717, 1.165) is 0 Å². The third-order valence-electron chi connectivity index (χ3n) is 3.26. The van der Waals surface area contributed by atoms with Crippen molar-refractivity contribution in [2.45, 2.75) is 45.3 Å². The Morgan fingerprint density at radius 3 is 2.37 bits per heavy atom. The molecule has 0 heterocycles. The van der Waals surface area contributed by atoms with Crippen LogP contribution in [0.5, 0.6) is 0 Å². The van der Waals surface area contributed by atoms with E-state index in [4.69, 9.17) is 0 Å². The molecule has 7 heteroatoms. The zero-order valence-corrected chi connectivity index (χ0v) is 13.2. The molecule has 0 saturated heterocycles. The molecule has 0 saturated carbocycles. The number of quaternary nitrogens is 1. The van der Waals surface area contributed by atoms with Gasteiger partial charge in [0.15, 0.2) is 0 Å². The van der Waals surface area contributed by atoms with Crippen molar-refractivity contribution in [2.75, 3.05) is 6.54 Å². The van der Waals surface area contributed by atoms with Gasteiger partial charge in [0.1, 0.15) is 10.1 Å². The van der Waals surface area contributed by atoms with Gasteiger partial charge in [-0.25, -0.2) is 8.42 Å². The molecule has 0 rings (SSSR count). The van der Waals surface area contributed by atoms with E-state index in [9.17, 15) is 17.8 Å². The lowest BCUT2D eigenvalue weighted by atomic mass is 9.92. The molecule has 0 aromatic carbocycles. The summed E-state index contributed by atoms with van der Waals surface area (Å²) in [5.41, 5.74) is 0. The van der Waals surface area contributed by atoms with Crippen LogP contribution >= 0.6 is 0 Å². The predicted octanol–water partition coefficient (Wildman–Crippen LogP) is 1.80. The third kappa shape index (κ3) is 6.70. The lowest BCUT2D eigenvalue weighted by Gasteiger charge is -2.34. The molecule has 0 spiro atoms. The van der Waals surface area contributed by atoms with Crippen molar-refractivity contribution in [1.29, 1.82) is 0 Å². The van der Waals surface area contributed by atoms with Gasteiger partial charge in [-0.2, -0.15) is 0 Å². The molecule has 0 aliphatic heterocycles. The number of hydrogen-bond donors (Lipinski definition) is 2. The summed E-state index contributed by atoms with van der Waals surface area (Å²) >= 11 is 0. The highest BCUT2D eigenvalue weighted by Crippen LogP contribution is 2.28. The van der Waals surface area contributed by atoms with Crippen LogP contribution in [0.3, 0.4) is 0 Å². The molecule has 0 bridgehead atoms. The van der Waals surface area contributed by atoms with Gasteiger partial charge in [-0.3, -0.25) is 4.79 Å². The molecule has 6 nitrogen and oxygen atoms in total. The second kappa shape index (κ2) is 8.29. The molecule has 0 radical (unpaired) electrons. The van der Waals surface area contributed by atoms with Crippen LogP contribution in [-0.2, 0) is 14.9 Å². The van der Waals surface area contributed by atoms with Crippen LogP contribution in [0.15, 0.2) is 12.2 Å². The molecule has 0 aromatic heterocycles. The first kappa shape index (κ1) is 20.4. The maximum absolute atomic E-state index is 11.1. The smallest absolute Gasteiger partial charge is 0.243 e. The molecular weight excluding hydrogens is 268 g/mol. The van der Waals surface area contributed by atoms with E-state index in [1.54, 1.807) is 19.9 Å². The van der Waals surface area contributed by atoms with Crippen LogP contribution in [0.25, 0.3) is 0 Å².